The van der Waals surface area contributed by atoms with Crippen molar-refractivity contribution in [2.24, 2.45) is 5.92 Å². The molecular formula is C10H17. The van der Waals surface area contributed by atoms with Crippen molar-refractivity contribution in [1.82, 2.24) is 0 Å². The van der Waals surface area contributed by atoms with E-state index in [1.807, 2.05) is 0 Å². The predicted molar refractivity (Wildman–Crippen MR) is 46.4 cm³/mol. The van der Waals surface area contributed by atoms with Gasteiger partial charge in [-0.25, -0.2) is 0 Å². The average molecular weight is 137 g/mol. The molecule has 0 saturated heterocycles. The molecule has 0 fully saturated rings. The lowest BCUT2D eigenvalue weighted by Gasteiger charge is -2.01. The topological polar surface area (TPSA) is 0 Å². The van der Waals surface area contributed by atoms with Gasteiger partial charge in [0.15, 0.2) is 0 Å². The van der Waals surface area contributed by atoms with Gasteiger partial charge in [0.25, 0.3) is 0 Å². The molecule has 10 heavy (non-hydrogen) atoms. The predicted octanol–water partition coefficient (Wildman–Crippen LogP) is 3.04. The molecule has 0 aromatic carbocycles. The third kappa shape index (κ3) is 7.56. The van der Waals surface area contributed by atoms with Crippen molar-refractivity contribution in [3.8, 4) is 12.3 Å². The van der Waals surface area contributed by atoms with Crippen molar-refractivity contribution in [1.29, 1.82) is 0 Å². The standard InChI is InChI=1S/C10H17/c1-4-5-6-7-8-9-10(2)3/h1,7,10H,5-6,8-9H2,2-3H3. The van der Waals surface area contributed by atoms with Crippen molar-refractivity contribution in [2.45, 2.75) is 39.5 Å². The molecule has 0 aromatic rings. The summed E-state index contributed by atoms with van der Waals surface area (Å²) in [4.78, 5) is 0. The fourth-order valence-electron chi connectivity index (χ4n) is 0.781. The van der Waals surface area contributed by atoms with Crippen LogP contribution in [-0.2, 0) is 0 Å². The van der Waals surface area contributed by atoms with Gasteiger partial charge in [0, 0.05) is 6.42 Å². The van der Waals surface area contributed by atoms with E-state index in [0.29, 0.717) is 0 Å². The first-order chi connectivity index (χ1) is 4.77. The summed E-state index contributed by atoms with van der Waals surface area (Å²) in [5, 5.41) is 0. The van der Waals surface area contributed by atoms with Crippen molar-refractivity contribution >= 4 is 0 Å². The lowest BCUT2D eigenvalue weighted by Crippen LogP contribution is -1.86. The van der Waals surface area contributed by atoms with E-state index in [1.165, 1.54) is 12.8 Å². The van der Waals surface area contributed by atoms with Gasteiger partial charge in [-0.1, -0.05) is 20.3 Å². The molecule has 0 unspecified atom stereocenters. The van der Waals surface area contributed by atoms with E-state index in [1.54, 1.807) is 0 Å². The first-order valence-electron chi connectivity index (χ1n) is 4.02. The third-order valence-corrected chi connectivity index (χ3v) is 1.44. The summed E-state index contributed by atoms with van der Waals surface area (Å²) >= 11 is 0. The molecule has 0 rings (SSSR count). The molecule has 0 atom stereocenters. The van der Waals surface area contributed by atoms with Crippen LogP contribution in [0.1, 0.15) is 39.5 Å². The minimum Gasteiger partial charge on any atom is -0.120 e. The van der Waals surface area contributed by atoms with E-state index in [2.05, 4.69) is 26.2 Å². The average Bonchev–Trinajstić information content (AvgIpc) is 1.87. The summed E-state index contributed by atoms with van der Waals surface area (Å²) in [6.07, 6.45) is 11.9. The molecule has 0 heterocycles. The Morgan fingerprint density at radius 2 is 2.10 bits per heavy atom. The molecule has 0 aliphatic carbocycles. The van der Waals surface area contributed by atoms with E-state index < -0.39 is 0 Å². The van der Waals surface area contributed by atoms with Crippen LogP contribution in [0.3, 0.4) is 0 Å². The zero-order valence-corrected chi connectivity index (χ0v) is 7.06. The molecule has 0 aromatic heterocycles. The summed E-state index contributed by atoms with van der Waals surface area (Å²) < 4.78 is 0. The van der Waals surface area contributed by atoms with Crippen LogP contribution in [0.5, 0.6) is 0 Å². The SMILES string of the molecule is C#CCC[CH]CCC(C)C. The lowest BCUT2D eigenvalue weighted by atomic mass is 10.0. The van der Waals surface area contributed by atoms with Crippen LogP contribution in [0.15, 0.2) is 0 Å². The van der Waals surface area contributed by atoms with Crippen LogP contribution >= 0.6 is 0 Å². The number of hydrogen-bond acceptors (Lipinski definition) is 0. The van der Waals surface area contributed by atoms with Crippen LogP contribution in [0.4, 0.5) is 0 Å². The lowest BCUT2D eigenvalue weighted by molar-refractivity contribution is 0.575. The van der Waals surface area contributed by atoms with Gasteiger partial charge in [0.1, 0.15) is 0 Å². The van der Waals surface area contributed by atoms with Crippen molar-refractivity contribution in [3.05, 3.63) is 6.42 Å². The van der Waals surface area contributed by atoms with E-state index in [-0.39, 0.29) is 0 Å². The van der Waals surface area contributed by atoms with Crippen molar-refractivity contribution in [2.75, 3.05) is 0 Å². The minimum absolute atomic E-state index is 0.821. The summed E-state index contributed by atoms with van der Waals surface area (Å²) in [5.41, 5.74) is 0. The summed E-state index contributed by atoms with van der Waals surface area (Å²) in [5.74, 6) is 3.45. The van der Waals surface area contributed by atoms with Crippen molar-refractivity contribution in [3.63, 3.8) is 0 Å². The van der Waals surface area contributed by atoms with E-state index in [0.717, 1.165) is 18.8 Å². The van der Waals surface area contributed by atoms with Crippen LogP contribution in [-0.4, -0.2) is 0 Å². The molecule has 0 saturated carbocycles. The maximum Gasteiger partial charge on any atom is 0.00887 e. The first kappa shape index (κ1) is 9.56. The fourth-order valence-corrected chi connectivity index (χ4v) is 0.781. The highest BCUT2D eigenvalue weighted by Crippen LogP contribution is 2.07. The van der Waals surface area contributed by atoms with Crippen LogP contribution in [0.25, 0.3) is 0 Å². The normalized spacial score (nSPS) is 9.80. The van der Waals surface area contributed by atoms with Crippen LogP contribution < -0.4 is 0 Å². The van der Waals surface area contributed by atoms with Crippen LogP contribution in [0, 0.1) is 24.7 Å². The Hall–Kier alpha value is -0.440. The Kier molecular flexibility index (Phi) is 6.38. The van der Waals surface area contributed by atoms with E-state index in [9.17, 15) is 0 Å². The maximum atomic E-state index is 5.10. The summed E-state index contributed by atoms with van der Waals surface area (Å²) in [6, 6.07) is 0. The molecule has 0 amide bonds. The molecule has 0 heteroatoms. The molecule has 0 spiro atoms. The Morgan fingerprint density at radius 1 is 1.40 bits per heavy atom. The van der Waals surface area contributed by atoms with Crippen molar-refractivity contribution < 1.29 is 0 Å². The Morgan fingerprint density at radius 3 is 2.60 bits per heavy atom. The molecule has 0 nitrogen and oxygen atoms in total. The maximum absolute atomic E-state index is 5.10. The fraction of sp³-hybridized carbons (Fsp3) is 0.700. The molecule has 0 N–H and O–H groups in total. The third-order valence-electron chi connectivity index (χ3n) is 1.44. The quantitative estimate of drug-likeness (QED) is 0.403. The van der Waals surface area contributed by atoms with Gasteiger partial charge in [0.05, 0.1) is 0 Å². The first-order valence-corrected chi connectivity index (χ1v) is 4.02. The largest absolute Gasteiger partial charge is 0.120 e. The molecule has 1 radical (unpaired) electrons. The zero-order valence-electron chi connectivity index (χ0n) is 7.06. The Balaban J connectivity index is 2.86. The van der Waals surface area contributed by atoms with Gasteiger partial charge < -0.3 is 0 Å². The molecule has 0 aliphatic rings. The van der Waals surface area contributed by atoms with Gasteiger partial charge in [-0.05, 0) is 25.2 Å². The van der Waals surface area contributed by atoms with Gasteiger partial charge >= 0.3 is 0 Å². The molecule has 0 bridgehead atoms. The van der Waals surface area contributed by atoms with E-state index >= 15 is 0 Å². The molecular weight excluding hydrogens is 120 g/mol. The van der Waals surface area contributed by atoms with E-state index in [4.69, 9.17) is 6.42 Å². The monoisotopic (exact) mass is 137 g/mol. The smallest absolute Gasteiger partial charge is 0.00887 e. The minimum atomic E-state index is 0.821. The number of unbranched alkanes of at least 4 members (excludes halogenated alkanes) is 3. The van der Waals surface area contributed by atoms with Crippen LogP contribution in [0.2, 0.25) is 0 Å². The number of rotatable bonds is 5. The Labute approximate surface area is 65.0 Å². The Bertz CT molecular complexity index is 95.1. The van der Waals surface area contributed by atoms with Gasteiger partial charge in [0.2, 0.25) is 0 Å². The van der Waals surface area contributed by atoms with Gasteiger partial charge in [-0.3, -0.25) is 0 Å². The number of terminal acetylenes is 1. The number of hydrogen-bond donors (Lipinski definition) is 0. The highest BCUT2D eigenvalue weighted by molar-refractivity contribution is 4.85. The second-order valence-electron chi connectivity index (χ2n) is 3.00. The van der Waals surface area contributed by atoms with Gasteiger partial charge in [-0.2, -0.15) is 0 Å². The van der Waals surface area contributed by atoms with Gasteiger partial charge in [-0.15, -0.1) is 12.3 Å². The molecule has 57 valence electrons. The molecule has 0 aliphatic heterocycles. The highest BCUT2D eigenvalue weighted by atomic mass is 14.0. The summed E-state index contributed by atoms with van der Waals surface area (Å²) in [6.45, 7) is 4.49. The zero-order chi connectivity index (χ0) is 7.82. The second kappa shape index (κ2) is 6.68. The summed E-state index contributed by atoms with van der Waals surface area (Å²) in [7, 11) is 0. The highest BCUT2D eigenvalue weighted by Gasteiger charge is 1.92. The second-order valence-corrected chi connectivity index (χ2v) is 3.00.